The number of pyridine rings is 1. The number of hydrogen-bond acceptors (Lipinski definition) is 3. The highest BCUT2D eigenvalue weighted by Crippen LogP contribution is 2.12. The normalized spacial score (nSPS) is 10.4. The molecule has 20 heavy (non-hydrogen) atoms. The zero-order chi connectivity index (χ0) is 14.4. The van der Waals surface area contributed by atoms with Gasteiger partial charge in [-0.05, 0) is 29.8 Å². The van der Waals surface area contributed by atoms with E-state index in [4.69, 9.17) is 15.9 Å². The van der Waals surface area contributed by atoms with Crippen LogP contribution in [-0.2, 0) is 17.8 Å². The summed E-state index contributed by atoms with van der Waals surface area (Å²) < 4.78 is 18.7. The molecule has 2 aromatic rings. The number of nitrogen functional groups attached to an aromatic ring is 1. The van der Waals surface area contributed by atoms with Gasteiger partial charge in [0.25, 0.3) is 0 Å². The van der Waals surface area contributed by atoms with Crippen molar-refractivity contribution in [3.63, 3.8) is 0 Å². The number of rotatable bonds is 6. The first kappa shape index (κ1) is 14.1. The minimum Gasteiger partial charge on any atom is -0.384 e. The molecule has 0 aliphatic rings. The van der Waals surface area contributed by atoms with Gasteiger partial charge in [0.1, 0.15) is 11.7 Å². The van der Waals surface area contributed by atoms with Crippen LogP contribution < -0.4 is 5.73 Å². The molecule has 0 fully saturated rings. The maximum absolute atomic E-state index is 13.1. The third kappa shape index (κ3) is 3.86. The third-order valence-electron chi connectivity index (χ3n) is 2.85. The van der Waals surface area contributed by atoms with Crippen LogP contribution in [0.15, 0.2) is 42.6 Å². The van der Waals surface area contributed by atoms with E-state index in [2.05, 4.69) is 4.98 Å². The number of nitrogens with one attached hydrogen (secondary N) is 1. The van der Waals surface area contributed by atoms with Gasteiger partial charge in [0.05, 0.1) is 13.2 Å². The van der Waals surface area contributed by atoms with Crippen LogP contribution in [0.4, 0.5) is 4.39 Å². The van der Waals surface area contributed by atoms with E-state index in [-0.39, 0.29) is 5.84 Å². The van der Waals surface area contributed by atoms with Crippen molar-refractivity contribution in [1.29, 1.82) is 5.41 Å². The predicted molar refractivity (Wildman–Crippen MR) is 75.0 cm³/mol. The zero-order valence-electron chi connectivity index (χ0n) is 11.0. The van der Waals surface area contributed by atoms with Crippen LogP contribution in [0.3, 0.4) is 0 Å². The van der Waals surface area contributed by atoms with Crippen molar-refractivity contribution in [2.75, 3.05) is 6.61 Å². The molecule has 0 spiro atoms. The molecule has 0 amide bonds. The smallest absolute Gasteiger partial charge is 0.123 e. The number of amidine groups is 1. The molecule has 3 N–H and O–H groups in total. The number of ether oxygens (including phenoxy) is 1. The van der Waals surface area contributed by atoms with Gasteiger partial charge in [-0.3, -0.25) is 10.4 Å². The maximum Gasteiger partial charge on any atom is 0.123 e. The summed E-state index contributed by atoms with van der Waals surface area (Å²) in [5.74, 6) is -0.569. The molecule has 1 aromatic heterocycles. The molecule has 0 saturated heterocycles. The molecule has 1 heterocycles. The van der Waals surface area contributed by atoms with Crippen LogP contribution in [0.1, 0.15) is 16.8 Å². The lowest BCUT2D eigenvalue weighted by molar-refractivity contribution is 0.123. The number of nitrogens with two attached hydrogens (primary N) is 1. The fraction of sp³-hybridized carbons (Fsp3) is 0.200. The third-order valence-corrected chi connectivity index (χ3v) is 2.85. The zero-order valence-corrected chi connectivity index (χ0v) is 11.0. The van der Waals surface area contributed by atoms with E-state index in [1.165, 1.54) is 12.1 Å². The number of aromatic nitrogens is 1. The standard InChI is InChI=1S/C15H16FN3O/c16-12-5-4-11(14(9-12)15(17)18)10-20-8-6-13-3-1-2-7-19-13/h1-5,7,9H,6,8,10H2,(H3,17,18). The Kier molecular flexibility index (Phi) is 4.79. The molecule has 0 unspecified atom stereocenters. The molecule has 1 aromatic carbocycles. The topological polar surface area (TPSA) is 72.0 Å². The Balaban J connectivity index is 1.90. The SMILES string of the molecule is N=C(N)c1cc(F)ccc1COCCc1ccccn1. The molecule has 0 aliphatic carbocycles. The Morgan fingerprint density at radius 3 is 2.85 bits per heavy atom. The first-order chi connectivity index (χ1) is 9.66. The summed E-state index contributed by atoms with van der Waals surface area (Å²) in [4.78, 5) is 4.20. The molecule has 2 rings (SSSR count). The van der Waals surface area contributed by atoms with Gasteiger partial charge < -0.3 is 10.5 Å². The number of halogens is 1. The van der Waals surface area contributed by atoms with Gasteiger partial charge in [-0.2, -0.15) is 0 Å². The molecule has 0 bridgehead atoms. The van der Waals surface area contributed by atoms with Crippen LogP contribution in [0.2, 0.25) is 0 Å². The van der Waals surface area contributed by atoms with E-state index in [0.29, 0.717) is 30.8 Å². The summed E-state index contributed by atoms with van der Waals surface area (Å²) in [6, 6.07) is 9.90. The Bertz CT molecular complexity index is 587. The minimum absolute atomic E-state index is 0.159. The maximum atomic E-state index is 13.1. The van der Waals surface area contributed by atoms with Crippen molar-refractivity contribution in [3.8, 4) is 0 Å². The number of nitrogens with zero attached hydrogens (tertiary/aromatic N) is 1. The monoisotopic (exact) mass is 273 g/mol. The van der Waals surface area contributed by atoms with Gasteiger partial charge in [0, 0.05) is 23.9 Å². The first-order valence-electron chi connectivity index (χ1n) is 6.27. The second kappa shape index (κ2) is 6.77. The fourth-order valence-corrected chi connectivity index (χ4v) is 1.83. The lowest BCUT2D eigenvalue weighted by atomic mass is 10.1. The summed E-state index contributed by atoms with van der Waals surface area (Å²) in [7, 11) is 0. The fourth-order valence-electron chi connectivity index (χ4n) is 1.83. The largest absolute Gasteiger partial charge is 0.384 e. The van der Waals surface area contributed by atoms with Crippen molar-refractivity contribution < 1.29 is 9.13 Å². The molecule has 0 saturated carbocycles. The Hall–Kier alpha value is -2.27. The predicted octanol–water partition coefficient (Wildman–Crippen LogP) is 2.26. The Labute approximate surface area is 116 Å². The molecule has 4 nitrogen and oxygen atoms in total. The van der Waals surface area contributed by atoms with E-state index in [9.17, 15) is 4.39 Å². The highest BCUT2D eigenvalue weighted by atomic mass is 19.1. The van der Waals surface area contributed by atoms with Gasteiger partial charge in [0.15, 0.2) is 0 Å². The van der Waals surface area contributed by atoms with Crippen molar-refractivity contribution in [2.45, 2.75) is 13.0 Å². The highest BCUT2D eigenvalue weighted by Gasteiger charge is 2.07. The Morgan fingerprint density at radius 1 is 1.30 bits per heavy atom. The molecule has 104 valence electrons. The van der Waals surface area contributed by atoms with E-state index in [1.54, 1.807) is 12.3 Å². The second-order valence-electron chi connectivity index (χ2n) is 4.34. The van der Waals surface area contributed by atoms with Crippen LogP contribution in [0, 0.1) is 11.2 Å². The molecule has 0 radical (unpaired) electrons. The molecule has 5 heteroatoms. The molecular weight excluding hydrogens is 257 g/mol. The van der Waals surface area contributed by atoms with E-state index < -0.39 is 5.82 Å². The van der Waals surface area contributed by atoms with E-state index in [0.717, 1.165) is 5.69 Å². The summed E-state index contributed by atoms with van der Waals surface area (Å²) in [6.45, 7) is 0.799. The molecule has 0 aliphatic heterocycles. The number of hydrogen-bond donors (Lipinski definition) is 2. The second-order valence-corrected chi connectivity index (χ2v) is 4.34. The average molecular weight is 273 g/mol. The van der Waals surface area contributed by atoms with E-state index in [1.807, 2.05) is 18.2 Å². The molecular formula is C15H16FN3O. The van der Waals surface area contributed by atoms with Gasteiger partial charge in [0.2, 0.25) is 0 Å². The Morgan fingerprint density at radius 2 is 2.15 bits per heavy atom. The van der Waals surface area contributed by atoms with E-state index >= 15 is 0 Å². The summed E-state index contributed by atoms with van der Waals surface area (Å²) in [5, 5.41) is 7.43. The number of benzene rings is 1. The van der Waals surface area contributed by atoms with Gasteiger partial charge in [-0.15, -0.1) is 0 Å². The van der Waals surface area contributed by atoms with Crippen LogP contribution in [0.25, 0.3) is 0 Å². The lowest BCUT2D eigenvalue weighted by Gasteiger charge is -2.09. The van der Waals surface area contributed by atoms with Crippen molar-refractivity contribution >= 4 is 5.84 Å². The summed E-state index contributed by atoms with van der Waals surface area (Å²) >= 11 is 0. The quantitative estimate of drug-likeness (QED) is 0.482. The van der Waals surface area contributed by atoms with Gasteiger partial charge in [-0.25, -0.2) is 4.39 Å². The van der Waals surface area contributed by atoms with Crippen LogP contribution >= 0.6 is 0 Å². The van der Waals surface area contributed by atoms with Crippen molar-refractivity contribution in [2.24, 2.45) is 5.73 Å². The first-order valence-corrected chi connectivity index (χ1v) is 6.27. The minimum atomic E-state index is -0.410. The summed E-state index contributed by atoms with van der Waals surface area (Å²) in [5.41, 5.74) is 7.47. The van der Waals surface area contributed by atoms with Crippen molar-refractivity contribution in [3.05, 3.63) is 65.2 Å². The van der Waals surface area contributed by atoms with Gasteiger partial charge >= 0.3 is 0 Å². The van der Waals surface area contributed by atoms with Crippen LogP contribution in [-0.4, -0.2) is 17.4 Å². The molecule has 0 atom stereocenters. The lowest BCUT2D eigenvalue weighted by Crippen LogP contribution is -2.15. The average Bonchev–Trinajstić information content (AvgIpc) is 2.45. The van der Waals surface area contributed by atoms with Crippen LogP contribution in [0.5, 0.6) is 0 Å². The van der Waals surface area contributed by atoms with Crippen molar-refractivity contribution in [1.82, 2.24) is 4.98 Å². The van der Waals surface area contributed by atoms with Gasteiger partial charge in [-0.1, -0.05) is 12.1 Å². The summed E-state index contributed by atoms with van der Waals surface area (Å²) in [6.07, 6.45) is 2.45. The highest BCUT2D eigenvalue weighted by molar-refractivity contribution is 5.96.